The molecule has 0 aliphatic rings. The fourth-order valence-corrected chi connectivity index (χ4v) is 1.47. The Morgan fingerprint density at radius 2 is 2.29 bits per heavy atom. The number of carbonyl (C=O) groups excluding carboxylic acids is 1. The summed E-state index contributed by atoms with van der Waals surface area (Å²) >= 11 is 0. The van der Waals surface area contributed by atoms with Crippen LogP contribution in [0.2, 0.25) is 0 Å². The number of fused-ring (bicyclic) bond motifs is 1. The van der Waals surface area contributed by atoms with Gasteiger partial charge in [0.05, 0.1) is 12.1 Å². The topological polar surface area (TPSA) is 58.9 Å². The maximum absolute atomic E-state index is 13.1. The van der Waals surface area contributed by atoms with E-state index < -0.39 is 5.82 Å². The Morgan fingerprint density at radius 3 is 3.00 bits per heavy atom. The van der Waals surface area contributed by atoms with E-state index >= 15 is 0 Å². The average molecular weight is 192 g/mol. The van der Waals surface area contributed by atoms with E-state index in [0.29, 0.717) is 16.5 Å². The van der Waals surface area contributed by atoms with Crippen molar-refractivity contribution in [3.63, 3.8) is 0 Å². The van der Waals surface area contributed by atoms with E-state index in [1.165, 1.54) is 12.1 Å². The van der Waals surface area contributed by atoms with E-state index in [1.807, 2.05) is 0 Å². The number of benzene rings is 1. The number of hydrogen-bond acceptors (Lipinski definition) is 2. The van der Waals surface area contributed by atoms with Gasteiger partial charge in [0.1, 0.15) is 5.82 Å². The summed E-state index contributed by atoms with van der Waals surface area (Å²) in [6, 6.07) is 4.29. The Morgan fingerprint density at radius 1 is 1.50 bits per heavy atom. The predicted molar refractivity (Wildman–Crippen MR) is 51.6 cm³/mol. The van der Waals surface area contributed by atoms with Gasteiger partial charge in [0, 0.05) is 17.1 Å². The van der Waals surface area contributed by atoms with Crippen LogP contribution in [0.4, 0.5) is 4.39 Å². The lowest BCUT2D eigenvalue weighted by Gasteiger charge is -2.00. The summed E-state index contributed by atoms with van der Waals surface area (Å²) < 4.78 is 13.1. The van der Waals surface area contributed by atoms with Crippen molar-refractivity contribution in [1.29, 1.82) is 0 Å². The molecule has 2 aromatic rings. The van der Waals surface area contributed by atoms with Crippen LogP contribution in [0.15, 0.2) is 24.4 Å². The zero-order chi connectivity index (χ0) is 10.1. The van der Waals surface area contributed by atoms with E-state index in [2.05, 4.69) is 4.98 Å². The molecule has 0 amide bonds. The number of aromatic nitrogens is 1. The van der Waals surface area contributed by atoms with Crippen LogP contribution in [0, 0.1) is 5.82 Å². The average Bonchev–Trinajstić information content (AvgIpc) is 2.62. The van der Waals surface area contributed by atoms with E-state index in [4.69, 9.17) is 5.73 Å². The van der Waals surface area contributed by atoms with Gasteiger partial charge in [-0.2, -0.15) is 0 Å². The number of halogens is 1. The summed E-state index contributed by atoms with van der Waals surface area (Å²) in [5, 5.41) is 0.682. The molecule has 1 aromatic carbocycles. The van der Waals surface area contributed by atoms with Crippen LogP contribution >= 0.6 is 0 Å². The van der Waals surface area contributed by atoms with Crippen molar-refractivity contribution in [2.45, 2.75) is 0 Å². The van der Waals surface area contributed by atoms with E-state index in [0.717, 1.165) is 0 Å². The van der Waals surface area contributed by atoms with Crippen LogP contribution in [0.3, 0.4) is 0 Å². The fourth-order valence-electron chi connectivity index (χ4n) is 1.47. The first-order valence-corrected chi connectivity index (χ1v) is 4.22. The second-order valence-electron chi connectivity index (χ2n) is 3.02. The third-order valence-electron chi connectivity index (χ3n) is 2.11. The highest BCUT2D eigenvalue weighted by atomic mass is 19.1. The number of nitrogens with two attached hydrogens (primary N) is 1. The Labute approximate surface area is 79.7 Å². The first kappa shape index (κ1) is 8.90. The van der Waals surface area contributed by atoms with Gasteiger partial charge in [-0.1, -0.05) is 0 Å². The summed E-state index contributed by atoms with van der Waals surface area (Å²) in [5.74, 6) is -0.689. The van der Waals surface area contributed by atoms with Crippen LogP contribution in [-0.2, 0) is 0 Å². The predicted octanol–water partition coefficient (Wildman–Crippen LogP) is 1.45. The first-order chi connectivity index (χ1) is 6.72. The molecule has 0 bridgehead atoms. The van der Waals surface area contributed by atoms with Crippen molar-refractivity contribution in [1.82, 2.24) is 4.98 Å². The van der Waals surface area contributed by atoms with Crippen LogP contribution in [0.25, 0.3) is 10.9 Å². The van der Waals surface area contributed by atoms with Crippen LogP contribution in [0.1, 0.15) is 10.4 Å². The van der Waals surface area contributed by atoms with Crippen molar-refractivity contribution in [2.75, 3.05) is 6.54 Å². The van der Waals surface area contributed by atoms with E-state index in [9.17, 15) is 9.18 Å². The highest BCUT2D eigenvalue weighted by Crippen LogP contribution is 2.19. The number of nitrogens with one attached hydrogen (secondary N) is 1. The number of ketones is 1. The van der Waals surface area contributed by atoms with Crippen molar-refractivity contribution in [3.05, 3.63) is 35.8 Å². The molecule has 0 aliphatic heterocycles. The van der Waals surface area contributed by atoms with Gasteiger partial charge in [-0.3, -0.25) is 4.79 Å². The van der Waals surface area contributed by atoms with Crippen molar-refractivity contribution >= 4 is 16.7 Å². The van der Waals surface area contributed by atoms with Gasteiger partial charge in [-0.15, -0.1) is 0 Å². The Hall–Kier alpha value is -1.68. The van der Waals surface area contributed by atoms with Gasteiger partial charge in [-0.25, -0.2) is 4.39 Å². The molecular formula is C10H9FN2O. The molecule has 0 saturated carbocycles. The monoisotopic (exact) mass is 192 g/mol. The van der Waals surface area contributed by atoms with E-state index in [-0.39, 0.29) is 12.3 Å². The van der Waals surface area contributed by atoms with E-state index in [1.54, 1.807) is 12.3 Å². The minimum absolute atomic E-state index is 0.114. The van der Waals surface area contributed by atoms with Gasteiger partial charge in [0.2, 0.25) is 0 Å². The maximum atomic E-state index is 13.1. The van der Waals surface area contributed by atoms with Gasteiger partial charge < -0.3 is 10.7 Å². The normalized spacial score (nSPS) is 10.7. The van der Waals surface area contributed by atoms with Crippen LogP contribution in [0.5, 0.6) is 0 Å². The quantitative estimate of drug-likeness (QED) is 0.707. The summed E-state index contributed by atoms with van der Waals surface area (Å²) in [6.45, 7) is -0.114. The summed E-state index contributed by atoms with van der Waals surface area (Å²) in [4.78, 5) is 14.3. The summed E-state index contributed by atoms with van der Waals surface area (Å²) in [5.41, 5.74) is 6.18. The van der Waals surface area contributed by atoms with Crippen molar-refractivity contribution < 1.29 is 9.18 Å². The second kappa shape index (κ2) is 3.23. The van der Waals surface area contributed by atoms with Crippen molar-refractivity contribution in [2.24, 2.45) is 5.73 Å². The molecular weight excluding hydrogens is 183 g/mol. The lowest BCUT2D eigenvalue weighted by molar-refractivity contribution is 0.100. The SMILES string of the molecule is NCC(=O)c1cc(F)cc2cc[nH]c12. The number of carbonyl (C=O) groups is 1. The summed E-state index contributed by atoms with van der Waals surface area (Å²) in [7, 11) is 0. The Bertz CT molecular complexity index is 490. The first-order valence-electron chi connectivity index (χ1n) is 4.22. The third kappa shape index (κ3) is 1.29. The molecule has 4 heteroatoms. The molecule has 0 radical (unpaired) electrons. The van der Waals surface area contributed by atoms with Crippen molar-refractivity contribution in [3.8, 4) is 0 Å². The molecule has 3 nitrogen and oxygen atoms in total. The summed E-state index contributed by atoms with van der Waals surface area (Å²) in [6.07, 6.45) is 1.66. The molecule has 0 unspecified atom stereocenters. The highest BCUT2D eigenvalue weighted by Gasteiger charge is 2.10. The molecule has 0 fully saturated rings. The van der Waals surface area contributed by atoms with Gasteiger partial charge >= 0.3 is 0 Å². The molecule has 2 rings (SSSR count). The Kier molecular flexibility index (Phi) is 2.05. The molecule has 14 heavy (non-hydrogen) atoms. The van der Waals surface area contributed by atoms with Gasteiger partial charge in [-0.05, 0) is 18.2 Å². The number of aromatic amines is 1. The molecule has 1 aromatic heterocycles. The smallest absolute Gasteiger partial charge is 0.178 e. The number of hydrogen-bond donors (Lipinski definition) is 2. The van der Waals surface area contributed by atoms with Gasteiger partial charge in [0.15, 0.2) is 5.78 Å². The third-order valence-corrected chi connectivity index (χ3v) is 2.11. The number of rotatable bonds is 2. The molecule has 0 spiro atoms. The molecule has 0 atom stereocenters. The molecule has 0 aliphatic carbocycles. The number of H-pyrrole nitrogens is 1. The fraction of sp³-hybridized carbons (Fsp3) is 0.100. The molecule has 3 N–H and O–H groups in total. The maximum Gasteiger partial charge on any atom is 0.178 e. The highest BCUT2D eigenvalue weighted by molar-refractivity contribution is 6.07. The van der Waals surface area contributed by atoms with Crippen LogP contribution < -0.4 is 5.73 Å². The molecule has 0 saturated heterocycles. The van der Waals surface area contributed by atoms with Gasteiger partial charge in [0.25, 0.3) is 0 Å². The minimum atomic E-state index is -0.422. The number of Topliss-reactive ketones (excluding diaryl/α,β-unsaturated/α-hetero) is 1. The second-order valence-corrected chi connectivity index (χ2v) is 3.02. The Balaban J connectivity index is 2.72. The molecule has 72 valence electrons. The van der Waals surface area contributed by atoms with Crippen LogP contribution in [-0.4, -0.2) is 17.3 Å². The zero-order valence-corrected chi connectivity index (χ0v) is 7.38. The standard InChI is InChI=1S/C10H9FN2O/c11-7-3-6-1-2-13-10(6)8(4-7)9(14)5-12/h1-4,13H,5,12H2. The minimum Gasteiger partial charge on any atom is -0.361 e. The molecule has 1 heterocycles. The lowest BCUT2D eigenvalue weighted by atomic mass is 10.1. The lowest BCUT2D eigenvalue weighted by Crippen LogP contribution is -2.14. The zero-order valence-electron chi connectivity index (χ0n) is 7.38. The largest absolute Gasteiger partial charge is 0.361 e.